The van der Waals surface area contributed by atoms with Gasteiger partial charge in [0.2, 0.25) is 0 Å². The number of nitrogens with zero attached hydrogens (tertiary/aromatic N) is 2. The molecule has 23 heavy (non-hydrogen) atoms. The summed E-state index contributed by atoms with van der Waals surface area (Å²) in [5.41, 5.74) is 1.25. The number of nitrogens with one attached hydrogen (secondary N) is 1. The second-order valence-electron chi connectivity index (χ2n) is 6.05. The second-order valence-corrected chi connectivity index (χ2v) is 6.05. The third-order valence-corrected chi connectivity index (χ3v) is 4.56. The average molecular weight is 315 g/mol. The Labute approximate surface area is 137 Å². The van der Waals surface area contributed by atoms with Crippen molar-refractivity contribution in [1.82, 2.24) is 14.9 Å². The highest BCUT2D eigenvalue weighted by atomic mass is 16.5. The number of ether oxygens (including phenoxy) is 2. The normalized spacial score (nSPS) is 17.1. The summed E-state index contributed by atoms with van der Waals surface area (Å²) in [6.07, 6.45) is 6.04. The van der Waals surface area contributed by atoms with E-state index in [1.807, 2.05) is 24.5 Å². The number of aromatic nitrogens is 2. The Bertz CT molecular complexity index is 603. The number of hydrogen-bond acceptors (Lipinski definition) is 4. The second kappa shape index (κ2) is 7.62. The molecule has 1 saturated heterocycles. The van der Waals surface area contributed by atoms with Crippen LogP contribution in [0.15, 0.2) is 36.7 Å². The molecule has 0 bridgehead atoms. The van der Waals surface area contributed by atoms with Crippen molar-refractivity contribution in [1.29, 1.82) is 0 Å². The lowest BCUT2D eigenvalue weighted by Gasteiger charge is -2.30. The Hall–Kier alpha value is -1.85. The van der Waals surface area contributed by atoms with E-state index in [4.69, 9.17) is 9.47 Å². The third-order valence-electron chi connectivity index (χ3n) is 4.56. The number of aryl methyl sites for hydroxylation is 1. The standard InChI is InChI=1S/C18H25N3O2/c1-21-10-9-19-18(21)17(15-7-11-23-12-8-15)20-13-14-3-5-16(22-2)6-4-14/h3-6,9-10,15,17,20H,7-8,11-13H2,1-2H3. The Morgan fingerprint density at radius 1 is 1.30 bits per heavy atom. The van der Waals surface area contributed by atoms with Gasteiger partial charge in [0, 0.05) is 39.2 Å². The first-order chi connectivity index (χ1) is 11.3. The zero-order chi connectivity index (χ0) is 16.1. The first kappa shape index (κ1) is 16.0. The molecule has 1 unspecified atom stereocenters. The van der Waals surface area contributed by atoms with Crippen molar-refractivity contribution >= 4 is 0 Å². The Balaban J connectivity index is 1.71. The van der Waals surface area contributed by atoms with E-state index in [9.17, 15) is 0 Å². The quantitative estimate of drug-likeness (QED) is 0.890. The molecule has 0 amide bonds. The summed E-state index contributed by atoms with van der Waals surface area (Å²) in [6.45, 7) is 2.50. The molecule has 2 heterocycles. The Kier molecular flexibility index (Phi) is 5.31. The van der Waals surface area contributed by atoms with Gasteiger partial charge in [0.25, 0.3) is 0 Å². The molecule has 1 aliphatic rings. The van der Waals surface area contributed by atoms with Crippen LogP contribution in [-0.2, 0) is 18.3 Å². The maximum Gasteiger partial charge on any atom is 0.125 e. The summed E-state index contributed by atoms with van der Waals surface area (Å²) in [4.78, 5) is 4.57. The summed E-state index contributed by atoms with van der Waals surface area (Å²) in [7, 11) is 3.75. The molecule has 5 nitrogen and oxygen atoms in total. The lowest BCUT2D eigenvalue weighted by atomic mass is 9.91. The van der Waals surface area contributed by atoms with E-state index in [1.54, 1.807) is 7.11 Å². The van der Waals surface area contributed by atoms with Gasteiger partial charge in [0.1, 0.15) is 11.6 Å². The van der Waals surface area contributed by atoms with Crippen molar-refractivity contribution in [2.24, 2.45) is 13.0 Å². The SMILES string of the molecule is COc1ccc(CNC(c2nccn2C)C2CCOCC2)cc1. The van der Waals surface area contributed by atoms with Crippen LogP contribution in [0.25, 0.3) is 0 Å². The zero-order valence-corrected chi connectivity index (χ0v) is 13.9. The van der Waals surface area contributed by atoms with Crippen LogP contribution in [0.2, 0.25) is 0 Å². The van der Waals surface area contributed by atoms with Gasteiger partial charge in [-0.25, -0.2) is 4.98 Å². The van der Waals surface area contributed by atoms with Crippen LogP contribution >= 0.6 is 0 Å². The molecule has 1 aromatic carbocycles. The van der Waals surface area contributed by atoms with E-state index in [1.165, 1.54) is 5.56 Å². The maximum atomic E-state index is 5.52. The summed E-state index contributed by atoms with van der Waals surface area (Å²) in [6, 6.07) is 8.46. The molecule has 1 aromatic heterocycles. The minimum absolute atomic E-state index is 0.251. The van der Waals surface area contributed by atoms with Crippen LogP contribution in [0.4, 0.5) is 0 Å². The monoisotopic (exact) mass is 315 g/mol. The van der Waals surface area contributed by atoms with E-state index < -0.39 is 0 Å². The molecule has 3 rings (SSSR count). The molecule has 0 spiro atoms. The van der Waals surface area contributed by atoms with E-state index in [0.29, 0.717) is 5.92 Å². The van der Waals surface area contributed by atoms with Gasteiger partial charge in [-0.15, -0.1) is 0 Å². The van der Waals surface area contributed by atoms with Crippen LogP contribution in [0, 0.1) is 5.92 Å². The predicted molar refractivity (Wildman–Crippen MR) is 89.3 cm³/mol. The number of hydrogen-bond donors (Lipinski definition) is 1. The fourth-order valence-corrected chi connectivity index (χ4v) is 3.17. The van der Waals surface area contributed by atoms with Gasteiger partial charge in [-0.3, -0.25) is 0 Å². The average Bonchev–Trinajstić information content (AvgIpc) is 3.03. The summed E-state index contributed by atoms with van der Waals surface area (Å²) >= 11 is 0. The van der Waals surface area contributed by atoms with Crippen LogP contribution in [0.3, 0.4) is 0 Å². The molecule has 0 radical (unpaired) electrons. The number of rotatable bonds is 6. The van der Waals surface area contributed by atoms with Gasteiger partial charge in [-0.2, -0.15) is 0 Å². The molecule has 1 fully saturated rings. The smallest absolute Gasteiger partial charge is 0.125 e. The highest BCUT2D eigenvalue weighted by Gasteiger charge is 2.27. The molecule has 0 saturated carbocycles. The molecular weight excluding hydrogens is 290 g/mol. The minimum atomic E-state index is 0.251. The highest BCUT2D eigenvalue weighted by Crippen LogP contribution is 2.29. The summed E-state index contributed by atoms with van der Waals surface area (Å²) < 4.78 is 12.8. The van der Waals surface area contributed by atoms with E-state index >= 15 is 0 Å². The van der Waals surface area contributed by atoms with Gasteiger partial charge in [-0.1, -0.05) is 12.1 Å². The largest absolute Gasteiger partial charge is 0.497 e. The van der Waals surface area contributed by atoms with Crippen molar-refractivity contribution in [3.63, 3.8) is 0 Å². The maximum absolute atomic E-state index is 5.52. The van der Waals surface area contributed by atoms with E-state index in [2.05, 4.69) is 34.0 Å². The van der Waals surface area contributed by atoms with Gasteiger partial charge < -0.3 is 19.4 Å². The van der Waals surface area contributed by atoms with Gasteiger partial charge in [0.05, 0.1) is 13.2 Å². The Morgan fingerprint density at radius 2 is 2.04 bits per heavy atom. The lowest BCUT2D eigenvalue weighted by molar-refractivity contribution is 0.0518. The third kappa shape index (κ3) is 3.92. The van der Waals surface area contributed by atoms with Crippen LogP contribution in [0.5, 0.6) is 5.75 Å². The van der Waals surface area contributed by atoms with Crippen molar-refractivity contribution in [2.45, 2.75) is 25.4 Å². The van der Waals surface area contributed by atoms with Gasteiger partial charge >= 0.3 is 0 Å². The fourth-order valence-electron chi connectivity index (χ4n) is 3.17. The first-order valence-corrected chi connectivity index (χ1v) is 8.19. The van der Waals surface area contributed by atoms with Crippen LogP contribution < -0.4 is 10.1 Å². The summed E-state index contributed by atoms with van der Waals surface area (Å²) in [5, 5.41) is 3.71. The van der Waals surface area contributed by atoms with E-state index in [-0.39, 0.29) is 6.04 Å². The van der Waals surface area contributed by atoms with Crippen molar-refractivity contribution in [3.05, 3.63) is 48.0 Å². The molecule has 5 heteroatoms. The molecule has 124 valence electrons. The lowest BCUT2D eigenvalue weighted by Crippen LogP contribution is -2.33. The fraction of sp³-hybridized carbons (Fsp3) is 0.500. The van der Waals surface area contributed by atoms with Gasteiger partial charge in [-0.05, 0) is 36.5 Å². The Morgan fingerprint density at radius 3 is 2.65 bits per heavy atom. The number of methoxy groups -OCH3 is 1. The zero-order valence-electron chi connectivity index (χ0n) is 13.9. The first-order valence-electron chi connectivity index (χ1n) is 8.19. The molecule has 0 aliphatic carbocycles. The minimum Gasteiger partial charge on any atom is -0.497 e. The van der Waals surface area contributed by atoms with Crippen LogP contribution in [-0.4, -0.2) is 29.9 Å². The number of benzene rings is 1. The van der Waals surface area contributed by atoms with Gasteiger partial charge in [0.15, 0.2) is 0 Å². The van der Waals surface area contributed by atoms with Crippen LogP contribution in [0.1, 0.15) is 30.3 Å². The highest BCUT2D eigenvalue weighted by molar-refractivity contribution is 5.27. The molecule has 1 atom stereocenters. The molecule has 1 N–H and O–H groups in total. The molecule has 2 aromatic rings. The van der Waals surface area contributed by atoms with Crippen molar-refractivity contribution in [3.8, 4) is 5.75 Å². The molecular formula is C18H25N3O2. The summed E-state index contributed by atoms with van der Waals surface area (Å²) in [5.74, 6) is 2.55. The molecule has 1 aliphatic heterocycles. The van der Waals surface area contributed by atoms with E-state index in [0.717, 1.165) is 44.2 Å². The topological polar surface area (TPSA) is 48.3 Å². The van der Waals surface area contributed by atoms with Crippen molar-refractivity contribution < 1.29 is 9.47 Å². The van der Waals surface area contributed by atoms with Crippen molar-refractivity contribution in [2.75, 3.05) is 20.3 Å². The predicted octanol–water partition coefficient (Wildman–Crippen LogP) is 2.69. The number of imidazole rings is 1.